The summed E-state index contributed by atoms with van der Waals surface area (Å²) in [6.07, 6.45) is 0. The van der Waals surface area contributed by atoms with E-state index in [1.807, 2.05) is 6.92 Å². The summed E-state index contributed by atoms with van der Waals surface area (Å²) in [5.41, 5.74) is 1.87. The summed E-state index contributed by atoms with van der Waals surface area (Å²) < 4.78 is 43.2. The van der Waals surface area contributed by atoms with Crippen LogP contribution >= 0.6 is 11.6 Å². The van der Waals surface area contributed by atoms with Crippen molar-refractivity contribution in [2.45, 2.75) is 45.2 Å². The van der Waals surface area contributed by atoms with Gasteiger partial charge in [0, 0.05) is 23.7 Å². The van der Waals surface area contributed by atoms with Crippen molar-refractivity contribution in [2.75, 3.05) is 17.4 Å². The van der Waals surface area contributed by atoms with E-state index in [0.717, 1.165) is 9.87 Å². The molecule has 0 aliphatic heterocycles. The highest BCUT2D eigenvalue weighted by molar-refractivity contribution is 7.92. The zero-order chi connectivity index (χ0) is 28.0. The van der Waals surface area contributed by atoms with Gasteiger partial charge in [-0.25, -0.2) is 12.8 Å². The quantitative estimate of drug-likeness (QED) is 0.385. The van der Waals surface area contributed by atoms with Crippen LogP contribution in [0.15, 0.2) is 71.6 Å². The molecule has 1 N–H and O–H groups in total. The Labute approximate surface area is 228 Å². The first-order chi connectivity index (χ1) is 17.9. The fourth-order valence-electron chi connectivity index (χ4n) is 3.92. The fraction of sp³-hybridized carbons (Fsp3) is 0.286. The first-order valence-electron chi connectivity index (χ1n) is 12.1. The molecule has 2 amide bonds. The Hall–Kier alpha value is -3.43. The SMILES string of the molecule is CCNC(=O)[C@H](C)N(Cc1ccccc1F)C(=O)CN(c1cc(Cl)ccc1C)S(=O)(=O)c1ccc(C)cc1. The summed E-state index contributed by atoms with van der Waals surface area (Å²) in [5.74, 6) is -1.66. The lowest BCUT2D eigenvalue weighted by Crippen LogP contribution is -2.51. The lowest BCUT2D eigenvalue weighted by Gasteiger charge is -2.32. The molecule has 0 aliphatic carbocycles. The molecule has 1 atom stereocenters. The summed E-state index contributed by atoms with van der Waals surface area (Å²) in [7, 11) is -4.22. The summed E-state index contributed by atoms with van der Waals surface area (Å²) in [4.78, 5) is 27.7. The number of halogens is 2. The Morgan fingerprint density at radius 2 is 1.68 bits per heavy atom. The molecular formula is C28H31ClFN3O4S. The van der Waals surface area contributed by atoms with Crippen molar-refractivity contribution in [2.24, 2.45) is 0 Å². The van der Waals surface area contributed by atoms with Crippen LogP contribution in [0.2, 0.25) is 5.02 Å². The topological polar surface area (TPSA) is 86.8 Å². The number of sulfonamides is 1. The normalized spacial score (nSPS) is 12.1. The molecular weight excluding hydrogens is 529 g/mol. The maximum absolute atomic E-state index is 14.5. The van der Waals surface area contributed by atoms with Crippen molar-refractivity contribution >= 4 is 39.1 Å². The molecule has 0 aliphatic rings. The average Bonchev–Trinajstić information content (AvgIpc) is 2.88. The summed E-state index contributed by atoms with van der Waals surface area (Å²) in [5, 5.41) is 2.96. The van der Waals surface area contributed by atoms with Gasteiger partial charge < -0.3 is 10.2 Å². The molecule has 0 bridgehead atoms. The average molecular weight is 560 g/mol. The minimum atomic E-state index is -4.22. The maximum atomic E-state index is 14.5. The van der Waals surface area contributed by atoms with Gasteiger partial charge in [-0.2, -0.15) is 0 Å². The number of hydrogen-bond acceptors (Lipinski definition) is 4. The third-order valence-electron chi connectivity index (χ3n) is 6.14. The largest absolute Gasteiger partial charge is 0.355 e. The number of benzene rings is 3. The van der Waals surface area contributed by atoms with E-state index >= 15 is 0 Å². The standard InChI is InChI=1S/C28H31ClFN3O4S/c1-5-31-28(35)21(4)32(17-22-8-6-7-9-25(22)30)27(34)18-33(26-16-23(29)13-12-20(26)3)38(36,37)24-14-10-19(2)11-15-24/h6-16,21H,5,17-18H2,1-4H3,(H,31,35)/t21-/m0/s1. The second-order valence-corrected chi connectivity index (χ2v) is 11.2. The van der Waals surface area contributed by atoms with Crippen molar-refractivity contribution in [3.8, 4) is 0 Å². The van der Waals surface area contributed by atoms with Crippen LogP contribution in [0.3, 0.4) is 0 Å². The van der Waals surface area contributed by atoms with Gasteiger partial charge in [0.05, 0.1) is 10.6 Å². The minimum Gasteiger partial charge on any atom is -0.355 e. The third-order valence-corrected chi connectivity index (χ3v) is 8.15. The molecule has 0 aromatic heterocycles. The molecule has 0 radical (unpaired) electrons. The zero-order valence-corrected chi connectivity index (χ0v) is 23.3. The van der Waals surface area contributed by atoms with E-state index in [2.05, 4.69) is 5.32 Å². The van der Waals surface area contributed by atoms with Crippen molar-refractivity contribution < 1.29 is 22.4 Å². The smallest absolute Gasteiger partial charge is 0.264 e. The highest BCUT2D eigenvalue weighted by atomic mass is 35.5. The van der Waals surface area contributed by atoms with Crippen LogP contribution in [-0.4, -0.2) is 44.3 Å². The number of anilines is 1. The maximum Gasteiger partial charge on any atom is 0.264 e. The van der Waals surface area contributed by atoms with Crippen LogP contribution in [0.5, 0.6) is 0 Å². The van der Waals surface area contributed by atoms with Gasteiger partial charge in [0.25, 0.3) is 10.0 Å². The predicted molar refractivity (Wildman–Crippen MR) is 147 cm³/mol. The van der Waals surface area contributed by atoms with Crippen molar-refractivity contribution in [3.63, 3.8) is 0 Å². The van der Waals surface area contributed by atoms with Gasteiger partial charge in [-0.15, -0.1) is 0 Å². The van der Waals surface area contributed by atoms with Crippen LogP contribution < -0.4 is 9.62 Å². The van der Waals surface area contributed by atoms with Crippen LogP contribution in [0, 0.1) is 19.7 Å². The van der Waals surface area contributed by atoms with Crippen molar-refractivity contribution in [1.82, 2.24) is 10.2 Å². The van der Waals surface area contributed by atoms with E-state index in [4.69, 9.17) is 11.6 Å². The molecule has 0 spiro atoms. The molecule has 0 heterocycles. The van der Waals surface area contributed by atoms with Crippen LogP contribution in [0.25, 0.3) is 0 Å². The molecule has 202 valence electrons. The van der Waals surface area contributed by atoms with Gasteiger partial charge >= 0.3 is 0 Å². The van der Waals surface area contributed by atoms with E-state index < -0.39 is 40.2 Å². The second-order valence-electron chi connectivity index (χ2n) is 8.94. The zero-order valence-electron chi connectivity index (χ0n) is 21.7. The molecule has 0 unspecified atom stereocenters. The molecule has 0 saturated heterocycles. The van der Waals surface area contributed by atoms with E-state index in [9.17, 15) is 22.4 Å². The number of aryl methyl sites for hydroxylation is 2. The number of likely N-dealkylation sites (N-methyl/N-ethyl adjacent to an activating group) is 1. The number of hydrogen-bond donors (Lipinski definition) is 1. The van der Waals surface area contributed by atoms with E-state index in [1.54, 1.807) is 44.2 Å². The third kappa shape index (κ3) is 6.71. The number of carbonyl (C=O) groups excluding carboxylic acids is 2. The Balaban J connectivity index is 2.09. The molecule has 10 heteroatoms. The fourth-order valence-corrected chi connectivity index (χ4v) is 5.55. The van der Waals surface area contributed by atoms with Gasteiger partial charge in [0.15, 0.2) is 0 Å². The van der Waals surface area contributed by atoms with Gasteiger partial charge in [0.2, 0.25) is 11.8 Å². The summed E-state index contributed by atoms with van der Waals surface area (Å²) in [6, 6.07) is 16.0. The molecule has 0 saturated carbocycles. The van der Waals surface area contributed by atoms with Crippen molar-refractivity contribution in [1.29, 1.82) is 0 Å². The number of nitrogens with zero attached hydrogens (tertiary/aromatic N) is 2. The van der Waals surface area contributed by atoms with Crippen LogP contribution in [0.1, 0.15) is 30.5 Å². The number of amides is 2. The Kier molecular flexibility index (Phi) is 9.51. The van der Waals surface area contributed by atoms with Crippen LogP contribution in [-0.2, 0) is 26.2 Å². The Morgan fingerprint density at radius 1 is 1.03 bits per heavy atom. The molecule has 7 nitrogen and oxygen atoms in total. The molecule has 0 fully saturated rings. The van der Waals surface area contributed by atoms with E-state index in [1.165, 1.54) is 48.2 Å². The molecule has 3 aromatic carbocycles. The predicted octanol–water partition coefficient (Wildman–Crippen LogP) is 4.84. The number of rotatable bonds is 10. The second kappa shape index (κ2) is 12.4. The minimum absolute atomic E-state index is 0.00676. The molecule has 3 rings (SSSR count). The summed E-state index contributed by atoms with van der Waals surface area (Å²) >= 11 is 6.22. The van der Waals surface area contributed by atoms with Gasteiger partial charge in [-0.1, -0.05) is 53.6 Å². The first kappa shape index (κ1) is 29.1. The molecule has 38 heavy (non-hydrogen) atoms. The highest BCUT2D eigenvalue weighted by Gasteiger charge is 2.33. The monoisotopic (exact) mass is 559 g/mol. The van der Waals surface area contributed by atoms with Gasteiger partial charge in [0.1, 0.15) is 18.4 Å². The van der Waals surface area contributed by atoms with Gasteiger partial charge in [-0.05, 0) is 63.6 Å². The van der Waals surface area contributed by atoms with E-state index in [-0.39, 0.29) is 22.7 Å². The van der Waals surface area contributed by atoms with Crippen molar-refractivity contribution in [3.05, 3.63) is 94.3 Å². The van der Waals surface area contributed by atoms with Gasteiger partial charge in [-0.3, -0.25) is 13.9 Å². The summed E-state index contributed by atoms with van der Waals surface area (Å²) in [6.45, 7) is 6.29. The Bertz CT molecular complexity index is 1410. The Morgan fingerprint density at radius 3 is 2.32 bits per heavy atom. The highest BCUT2D eigenvalue weighted by Crippen LogP contribution is 2.30. The molecule has 3 aromatic rings. The number of carbonyl (C=O) groups is 2. The lowest BCUT2D eigenvalue weighted by atomic mass is 10.1. The van der Waals surface area contributed by atoms with E-state index in [0.29, 0.717) is 17.1 Å². The van der Waals surface area contributed by atoms with Crippen LogP contribution in [0.4, 0.5) is 10.1 Å². The number of nitrogens with one attached hydrogen (secondary N) is 1. The first-order valence-corrected chi connectivity index (χ1v) is 13.9. The lowest BCUT2D eigenvalue weighted by molar-refractivity contribution is -0.139.